The zero-order valence-corrected chi connectivity index (χ0v) is 16.7. The molecule has 5 rings (SSSR count). The van der Waals surface area contributed by atoms with Crippen LogP contribution in [0.5, 0.6) is 0 Å². The summed E-state index contributed by atoms with van der Waals surface area (Å²) in [6.45, 7) is 0. The van der Waals surface area contributed by atoms with Gasteiger partial charge >= 0.3 is 5.76 Å². The van der Waals surface area contributed by atoms with Gasteiger partial charge in [0, 0.05) is 11.6 Å². The number of nitrogens with zero attached hydrogens (tertiary/aromatic N) is 1. The molecule has 10 heteroatoms. The molecular formula is C20H13ClN4O4S. The molecule has 2 heterocycles. The SMILES string of the molecule is O=c1[nH]c2ccc(S(=O)(=O)Nc3ccc4nc(-c5ccccc5Cl)[nH]c4c3)cc2o1. The number of hydrogen-bond donors (Lipinski definition) is 3. The molecule has 0 atom stereocenters. The number of benzene rings is 3. The molecule has 0 aliphatic carbocycles. The summed E-state index contributed by atoms with van der Waals surface area (Å²) in [4.78, 5) is 21.4. The Kier molecular flexibility index (Phi) is 4.16. The number of nitrogens with one attached hydrogen (secondary N) is 3. The van der Waals surface area contributed by atoms with E-state index in [0.717, 1.165) is 5.56 Å². The number of oxazole rings is 1. The first-order valence-corrected chi connectivity index (χ1v) is 10.7. The average Bonchev–Trinajstić information content (AvgIpc) is 3.29. The minimum absolute atomic E-state index is 0.0285. The molecule has 0 amide bonds. The van der Waals surface area contributed by atoms with Gasteiger partial charge in [-0.1, -0.05) is 23.7 Å². The number of rotatable bonds is 4. The lowest BCUT2D eigenvalue weighted by Crippen LogP contribution is -2.12. The van der Waals surface area contributed by atoms with Crippen LogP contribution in [-0.4, -0.2) is 23.4 Å². The molecular weight excluding hydrogens is 428 g/mol. The molecule has 0 bridgehead atoms. The van der Waals surface area contributed by atoms with E-state index in [2.05, 4.69) is 19.7 Å². The molecule has 0 saturated heterocycles. The Hall–Kier alpha value is -3.56. The number of imidazole rings is 1. The Balaban J connectivity index is 1.49. The van der Waals surface area contributed by atoms with Gasteiger partial charge in [0.1, 0.15) is 5.82 Å². The first-order chi connectivity index (χ1) is 14.4. The quantitative estimate of drug-likeness (QED) is 0.388. The lowest BCUT2D eigenvalue weighted by Gasteiger charge is -2.08. The van der Waals surface area contributed by atoms with Crippen LogP contribution in [-0.2, 0) is 10.0 Å². The Morgan fingerprint density at radius 2 is 1.80 bits per heavy atom. The average molecular weight is 441 g/mol. The second-order valence-electron chi connectivity index (χ2n) is 6.58. The number of halogens is 1. The van der Waals surface area contributed by atoms with Crippen LogP contribution in [0.4, 0.5) is 5.69 Å². The molecule has 3 aromatic carbocycles. The Labute approximate surface area is 174 Å². The topological polar surface area (TPSA) is 121 Å². The van der Waals surface area contributed by atoms with Gasteiger partial charge in [-0.15, -0.1) is 0 Å². The minimum atomic E-state index is -3.90. The van der Waals surface area contributed by atoms with Crippen LogP contribution in [0.3, 0.4) is 0 Å². The molecule has 0 fully saturated rings. The van der Waals surface area contributed by atoms with E-state index in [9.17, 15) is 13.2 Å². The van der Waals surface area contributed by atoms with Crippen LogP contribution in [0, 0.1) is 0 Å². The van der Waals surface area contributed by atoms with Crippen molar-refractivity contribution >= 4 is 49.4 Å². The molecule has 5 aromatic rings. The molecule has 0 aliphatic heterocycles. The van der Waals surface area contributed by atoms with Gasteiger partial charge in [0.25, 0.3) is 10.0 Å². The second kappa shape index (κ2) is 6.75. The van der Waals surface area contributed by atoms with Crippen molar-refractivity contribution in [2.24, 2.45) is 0 Å². The van der Waals surface area contributed by atoms with E-state index >= 15 is 0 Å². The van der Waals surface area contributed by atoms with Crippen molar-refractivity contribution in [1.29, 1.82) is 0 Å². The van der Waals surface area contributed by atoms with Crippen molar-refractivity contribution in [3.63, 3.8) is 0 Å². The van der Waals surface area contributed by atoms with E-state index in [1.165, 1.54) is 18.2 Å². The fraction of sp³-hybridized carbons (Fsp3) is 0. The highest BCUT2D eigenvalue weighted by Crippen LogP contribution is 2.28. The predicted molar refractivity (Wildman–Crippen MR) is 114 cm³/mol. The molecule has 150 valence electrons. The summed E-state index contributed by atoms with van der Waals surface area (Å²) in [7, 11) is -3.90. The van der Waals surface area contributed by atoms with Crippen molar-refractivity contribution in [3.05, 3.63) is 76.2 Å². The van der Waals surface area contributed by atoms with Gasteiger partial charge in [-0.3, -0.25) is 9.71 Å². The van der Waals surface area contributed by atoms with Gasteiger partial charge in [-0.25, -0.2) is 18.2 Å². The lowest BCUT2D eigenvalue weighted by atomic mass is 10.2. The normalized spacial score (nSPS) is 11.9. The number of fused-ring (bicyclic) bond motifs is 2. The molecule has 0 spiro atoms. The second-order valence-corrected chi connectivity index (χ2v) is 8.66. The molecule has 0 unspecified atom stereocenters. The number of aromatic amines is 2. The standard InChI is InChI=1S/C20H13ClN4O4S/c21-14-4-2-1-3-13(14)19-22-15-7-5-11(9-17(15)23-19)25-30(27,28)12-6-8-16-18(10-12)29-20(26)24-16/h1-10,25H,(H,22,23)(H,24,26). The lowest BCUT2D eigenvalue weighted by molar-refractivity contribution is 0.554. The molecule has 0 aliphatic rings. The Bertz CT molecular complexity index is 1580. The van der Waals surface area contributed by atoms with Gasteiger partial charge < -0.3 is 9.40 Å². The van der Waals surface area contributed by atoms with Gasteiger partial charge in [0.15, 0.2) is 5.58 Å². The smallest absolute Gasteiger partial charge is 0.408 e. The van der Waals surface area contributed by atoms with Crippen LogP contribution < -0.4 is 10.5 Å². The third-order valence-electron chi connectivity index (χ3n) is 4.57. The number of H-pyrrole nitrogens is 2. The summed E-state index contributed by atoms with van der Waals surface area (Å²) < 4.78 is 33.0. The molecule has 30 heavy (non-hydrogen) atoms. The van der Waals surface area contributed by atoms with Gasteiger partial charge in [0.2, 0.25) is 0 Å². The van der Waals surface area contributed by atoms with Crippen molar-refractivity contribution < 1.29 is 12.8 Å². The molecule has 2 aromatic heterocycles. The number of anilines is 1. The monoisotopic (exact) mass is 440 g/mol. The number of hydrogen-bond acceptors (Lipinski definition) is 5. The van der Waals surface area contributed by atoms with Crippen LogP contribution in [0.25, 0.3) is 33.5 Å². The molecule has 0 saturated carbocycles. The fourth-order valence-electron chi connectivity index (χ4n) is 3.16. The van der Waals surface area contributed by atoms with Crippen molar-refractivity contribution in [2.75, 3.05) is 4.72 Å². The van der Waals surface area contributed by atoms with E-state index in [0.29, 0.717) is 33.1 Å². The highest BCUT2D eigenvalue weighted by molar-refractivity contribution is 7.92. The summed E-state index contributed by atoms with van der Waals surface area (Å²) in [5.41, 5.74) is 3.01. The predicted octanol–water partition coefficient (Wildman–Crippen LogP) is 4.12. The van der Waals surface area contributed by atoms with Crippen LogP contribution in [0.15, 0.2) is 74.8 Å². The largest absolute Gasteiger partial charge is 0.417 e. The van der Waals surface area contributed by atoms with Crippen molar-refractivity contribution in [1.82, 2.24) is 15.0 Å². The summed E-state index contributed by atoms with van der Waals surface area (Å²) in [5.74, 6) is -0.0601. The highest BCUT2D eigenvalue weighted by atomic mass is 35.5. The fourth-order valence-corrected chi connectivity index (χ4v) is 4.45. The van der Waals surface area contributed by atoms with Crippen LogP contribution in [0.1, 0.15) is 0 Å². The maximum atomic E-state index is 12.8. The third kappa shape index (κ3) is 3.23. The summed E-state index contributed by atoms with van der Waals surface area (Å²) in [6.07, 6.45) is 0. The molecule has 3 N–H and O–H groups in total. The number of sulfonamides is 1. The first-order valence-electron chi connectivity index (χ1n) is 8.79. The van der Waals surface area contributed by atoms with Crippen LogP contribution in [0.2, 0.25) is 5.02 Å². The summed E-state index contributed by atoms with van der Waals surface area (Å²) in [5, 5.41) is 0.560. The van der Waals surface area contributed by atoms with Crippen molar-refractivity contribution in [2.45, 2.75) is 4.90 Å². The zero-order chi connectivity index (χ0) is 20.9. The summed E-state index contributed by atoms with van der Waals surface area (Å²) in [6, 6.07) is 16.4. The maximum absolute atomic E-state index is 12.8. The third-order valence-corrected chi connectivity index (χ3v) is 6.27. The van der Waals surface area contributed by atoms with Gasteiger partial charge in [0.05, 0.1) is 32.2 Å². The van der Waals surface area contributed by atoms with Crippen LogP contribution >= 0.6 is 11.6 Å². The molecule has 8 nitrogen and oxygen atoms in total. The van der Waals surface area contributed by atoms with E-state index < -0.39 is 15.8 Å². The zero-order valence-electron chi connectivity index (χ0n) is 15.1. The van der Waals surface area contributed by atoms with E-state index in [1.807, 2.05) is 18.2 Å². The van der Waals surface area contributed by atoms with Gasteiger partial charge in [-0.05, 0) is 42.5 Å². The van der Waals surface area contributed by atoms with E-state index in [1.54, 1.807) is 24.3 Å². The van der Waals surface area contributed by atoms with E-state index in [-0.39, 0.29) is 10.5 Å². The van der Waals surface area contributed by atoms with Gasteiger partial charge in [-0.2, -0.15) is 0 Å². The number of aromatic nitrogens is 3. The minimum Gasteiger partial charge on any atom is -0.408 e. The Morgan fingerprint density at radius 1 is 0.967 bits per heavy atom. The van der Waals surface area contributed by atoms with Crippen molar-refractivity contribution in [3.8, 4) is 11.4 Å². The first kappa shape index (κ1) is 18.5. The summed E-state index contributed by atoms with van der Waals surface area (Å²) >= 11 is 6.23. The maximum Gasteiger partial charge on any atom is 0.417 e. The van der Waals surface area contributed by atoms with E-state index in [4.69, 9.17) is 16.0 Å². The molecule has 0 radical (unpaired) electrons. The highest BCUT2D eigenvalue weighted by Gasteiger charge is 2.17. The Morgan fingerprint density at radius 3 is 2.63 bits per heavy atom.